The van der Waals surface area contributed by atoms with Crippen molar-refractivity contribution >= 4 is 11.5 Å². The molecule has 1 aliphatic carbocycles. The summed E-state index contributed by atoms with van der Waals surface area (Å²) in [5.41, 5.74) is 4.35. The third kappa shape index (κ3) is 3.08. The topological polar surface area (TPSA) is 37.3 Å². The molecule has 108 valence electrons. The van der Waals surface area contributed by atoms with Gasteiger partial charge in [-0.2, -0.15) is 0 Å². The number of rotatable bonds is 2. The second-order valence-corrected chi connectivity index (χ2v) is 5.49. The van der Waals surface area contributed by atoms with E-state index in [1.807, 2.05) is 6.07 Å². The zero-order valence-electron chi connectivity index (χ0n) is 12.6. The molecule has 1 aliphatic rings. The molecule has 0 aliphatic heterocycles. The van der Waals surface area contributed by atoms with Gasteiger partial charge in [-0.1, -0.05) is 37.0 Å². The number of carboxylic acids is 1. The minimum absolute atomic E-state index is 0.342. The molecule has 0 spiro atoms. The third-order valence-electron chi connectivity index (χ3n) is 4.01. The normalized spacial score (nSPS) is 17.9. The first-order chi connectivity index (χ1) is 10.1. The zero-order chi connectivity index (χ0) is 15.4. The summed E-state index contributed by atoms with van der Waals surface area (Å²) in [5, 5.41) is 9.53. The van der Waals surface area contributed by atoms with Crippen molar-refractivity contribution in [3.8, 4) is 11.8 Å². The Morgan fingerprint density at radius 1 is 1.48 bits per heavy atom. The lowest BCUT2D eigenvalue weighted by atomic mass is 9.78. The molecule has 0 saturated carbocycles. The van der Waals surface area contributed by atoms with Gasteiger partial charge >= 0.3 is 5.97 Å². The van der Waals surface area contributed by atoms with E-state index in [0.717, 1.165) is 29.5 Å². The van der Waals surface area contributed by atoms with Crippen molar-refractivity contribution in [2.75, 3.05) is 0 Å². The fourth-order valence-electron chi connectivity index (χ4n) is 3.09. The van der Waals surface area contributed by atoms with Crippen molar-refractivity contribution < 1.29 is 9.90 Å². The van der Waals surface area contributed by atoms with Crippen molar-refractivity contribution in [1.29, 1.82) is 0 Å². The van der Waals surface area contributed by atoms with Gasteiger partial charge in [0.25, 0.3) is 0 Å². The van der Waals surface area contributed by atoms with E-state index in [0.29, 0.717) is 11.5 Å². The molecule has 1 atom stereocenters. The molecule has 1 unspecified atom stereocenters. The maximum absolute atomic E-state index is 11.6. The Hall–Kier alpha value is -2.27. The number of aromatic carboxylic acids is 1. The molecule has 1 aromatic rings. The maximum Gasteiger partial charge on any atom is 0.336 e. The highest BCUT2D eigenvalue weighted by atomic mass is 16.4. The third-order valence-corrected chi connectivity index (χ3v) is 4.01. The van der Waals surface area contributed by atoms with Crippen LogP contribution < -0.4 is 0 Å². The smallest absolute Gasteiger partial charge is 0.336 e. The van der Waals surface area contributed by atoms with Gasteiger partial charge in [-0.15, -0.1) is 0 Å². The standard InChI is InChI=1S/C19H20O2/c1-4-5-10-15-11-7-12-16(19(20)21)18(15)17-13(2)8-6-9-14(17)3/h4,7,11-13H,1,6,8-9H2,2-3H3,(H,20,21). The lowest BCUT2D eigenvalue weighted by Gasteiger charge is -2.26. The van der Waals surface area contributed by atoms with Gasteiger partial charge < -0.3 is 5.11 Å². The van der Waals surface area contributed by atoms with Gasteiger partial charge in [-0.05, 0) is 55.9 Å². The molecule has 0 aromatic heterocycles. The van der Waals surface area contributed by atoms with Crippen LogP contribution >= 0.6 is 0 Å². The van der Waals surface area contributed by atoms with Crippen molar-refractivity contribution in [2.24, 2.45) is 5.92 Å². The number of benzene rings is 1. The van der Waals surface area contributed by atoms with Crippen LogP contribution in [0.4, 0.5) is 0 Å². The van der Waals surface area contributed by atoms with Crippen LogP contribution in [0.1, 0.15) is 54.6 Å². The minimum Gasteiger partial charge on any atom is -0.478 e. The summed E-state index contributed by atoms with van der Waals surface area (Å²) in [7, 11) is 0. The summed E-state index contributed by atoms with van der Waals surface area (Å²) in [5.74, 6) is 5.34. The first kappa shape index (κ1) is 15.1. The summed E-state index contributed by atoms with van der Waals surface area (Å²) in [4.78, 5) is 11.6. The molecule has 2 heteroatoms. The lowest BCUT2D eigenvalue weighted by molar-refractivity contribution is 0.0696. The largest absolute Gasteiger partial charge is 0.478 e. The zero-order valence-corrected chi connectivity index (χ0v) is 12.6. The van der Waals surface area contributed by atoms with E-state index < -0.39 is 5.97 Å². The van der Waals surface area contributed by atoms with Gasteiger partial charge in [0.1, 0.15) is 0 Å². The summed E-state index contributed by atoms with van der Waals surface area (Å²) in [6.07, 6.45) is 4.82. The SMILES string of the molecule is C=CC#Cc1cccc(C(=O)O)c1C1=C(C)CCCC1C. The quantitative estimate of drug-likeness (QED) is 0.809. The molecule has 1 aromatic carbocycles. The number of carboxylic acid groups (broad SMARTS) is 1. The summed E-state index contributed by atoms with van der Waals surface area (Å²) in [6.45, 7) is 7.88. The number of carbonyl (C=O) groups is 1. The summed E-state index contributed by atoms with van der Waals surface area (Å²) in [6, 6.07) is 5.31. The van der Waals surface area contributed by atoms with Crippen molar-refractivity contribution in [2.45, 2.75) is 33.1 Å². The molecule has 21 heavy (non-hydrogen) atoms. The van der Waals surface area contributed by atoms with E-state index in [2.05, 4.69) is 32.3 Å². The highest BCUT2D eigenvalue weighted by Gasteiger charge is 2.24. The monoisotopic (exact) mass is 280 g/mol. The highest BCUT2D eigenvalue weighted by Crippen LogP contribution is 2.39. The number of hydrogen-bond donors (Lipinski definition) is 1. The van der Waals surface area contributed by atoms with E-state index in [4.69, 9.17) is 0 Å². The van der Waals surface area contributed by atoms with Crippen LogP contribution in [0.5, 0.6) is 0 Å². The first-order valence-electron chi connectivity index (χ1n) is 7.25. The van der Waals surface area contributed by atoms with E-state index in [1.54, 1.807) is 12.1 Å². The molecule has 0 heterocycles. The number of allylic oxidation sites excluding steroid dienone is 3. The molecule has 0 bridgehead atoms. The van der Waals surface area contributed by atoms with Crippen LogP contribution in [0.25, 0.3) is 5.57 Å². The van der Waals surface area contributed by atoms with Gasteiger partial charge in [0.05, 0.1) is 5.56 Å². The molecule has 0 saturated heterocycles. The summed E-state index contributed by atoms with van der Waals surface area (Å²) >= 11 is 0. The molecular weight excluding hydrogens is 260 g/mol. The Morgan fingerprint density at radius 3 is 2.86 bits per heavy atom. The van der Waals surface area contributed by atoms with Crippen molar-refractivity contribution in [3.05, 3.63) is 53.1 Å². The molecule has 0 fully saturated rings. The van der Waals surface area contributed by atoms with E-state index in [-0.39, 0.29) is 0 Å². The predicted octanol–water partition coefficient (Wildman–Crippen LogP) is 4.52. The van der Waals surface area contributed by atoms with Crippen LogP contribution in [0.3, 0.4) is 0 Å². The Labute approximate surface area is 126 Å². The van der Waals surface area contributed by atoms with Crippen molar-refractivity contribution in [1.82, 2.24) is 0 Å². The molecule has 1 N–H and O–H groups in total. The molecule has 0 amide bonds. The summed E-state index contributed by atoms with van der Waals surface area (Å²) < 4.78 is 0. The average Bonchev–Trinajstić information content (AvgIpc) is 2.45. The van der Waals surface area contributed by atoms with Crippen LogP contribution in [-0.4, -0.2) is 11.1 Å². The van der Waals surface area contributed by atoms with Crippen LogP contribution in [0.2, 0.25) is 0 Å². The molecular formula is C19H20O2. The molecule has 0 radical (unpaired) electrons. The van der Waals surface area contributed by atoms with Gasteiger partial charge in [0.15, 0.2) is 0 Å². The van der Waals surface area contributed by atoms with Gasteiger partial charge in [-0.25, -0.2) is 4.79 Å². The average molecular weight is 280 g/mol. The van der Waals surface area contributed by atoms with Gasteiger partial charge in [0, 0.05) is 11.1 Å². The van der Waals surface area contributed by atoms with Gasteiger partial charge in [-0.3, -0.25) is 0 Å². The van der Waals surface area contributed by atoms with E-state index in [1.165, 1.54) is 18.1 Å². The minimum atomic E-state index is -0.898. The second-order valence-electron chi connectivity index (χ2n) is 5.49. The van der Waals surface area contributed by atoms with Crippen LogP contribution in [0, 0.1) is 17.8 Å². The number of hydrogen-bond acceptors (Lipinski definition) is 1. The Kier molecular flexibility index (Phi) is 4.65. The fraction of sp³-hybridized carbons (Fsp3) is 0.316. The lowest BCUT2D eigenvalue weighted by Crippen LogP contribution is -2.13. The Bertz CT molecular complexity index is 669. The molecule has 2 rings (SSSR count). The first-order valence-corrected chi connectivity index (χ1v) is 7.25. The molecule has 2 nitrogen and oxygen atoms in total. The van der Waals surface area contributed by atoms with E-state index in [9.17, 15) is 9.90 Å². The maximum atomic E-state index is 11.6. The fourth-order valence-corrected chi connectivity index (χ4v) is 3.09. The second kappa shape index (κ2) is 6.45. The van der Waals surface area contributed by atoms with Crippen LogP contribution in [-0.2, 0) is 0 Å². The predicted molar refractivity (Wildman–Crippen MR) is 86.1 cm³/mol. The van der Waals surface area contributed by atoms with Crippen LogP contribution in [0.15, 0.2) is 36.4 Å². The Balaban J connectivity index is 2.75. The van der Waals surface area contributed by atoms with E-state index >= 15 is 0 Å². The van der Waals surface area contributed by atoms with Gasteiger partial charge in [0.2, 0.25) is 0 Å². The Morgan fingerprint density at radius 2 is 2.24 bits per heavy atom. The van der Waals surface area contributed by atoms with Crippen molar-refractivity contribution in [3.63, 3.8) is 0 Å². The highest BCUT2D eigenvalue weighted by molar-refractivity contribution is 5.96.